The van der Waals surface area contributed by atoms with E-state index in [1.807, 2.05) is 20.8 Å². The maximum Gasteiger partial charge on any atom is 0.233 e. The largest absolute Gasteiger partial charge is 0.492 e. The Morgan fingerprint density at radius 1 is 1.35 bits per heavy atom. The SMILES string of the molecule is CC(C)(C)C(COc1ccc(F)cc1Cl)CS(=O)(=O)Cl. The zero-order valence-corrected chi connectivity index (χ0v) is 13.8. The first-order chi connectivity index (χ1) is 8.99. The van der Waals surface area contributed by atoms with Gasteiger partial charge in [-0.3, -0.25) is 0 Å². The van der Waals surface area contributed by atoms with E-state index in [0.717, 1.165) is 6.07 Å². The second kappa shape index (κ2) is 6.50. The van der Waals surface area contributed by atoms with Gasteiger partial charge in [0.25, 0.3) is 0 Å². The molecule has 0 aliphatic carbocycles. The van der Waals surface area contributed by atoms with Gasteiger partial charge in [-0.25, -0.2) is 12.8 Å². The van der Waals surface area contributed by atoms with Gasteiger partial charge in [0.15, 0.2) is 0 Å². The first-order valence-electron chi connectivity index (χ1n) is 5.99. The van der Waals surface area contributed by atoms with Gasteiger partial charge in [0.1, 0.15) is 11.6 Å². The fraction of sp³-hybridized carbons (Fsp3) is 0.538. The molecule has 20 heavy (non-hydrogen) atoms. The lowest BCUT2D eigenvalue weighted by molar-refractivity contribution is 0.163. The highest BCUT2D eigenvalue weighted by Gasteiger charge is 2.29. The van der Waals surface area contributed by atoms with Gasteiger partial charge in [0.2, 0.25) is 9.05 Å². The topological polar surface area (TPSA) is 43.4 Å². The third-order valence-corrected chi connectivity index (χ3v) is 4.43. The van der Waals surface area contributed by atoms with Crippen LogP contribution in [-0.2, 0) is 9.05 Å². The van der Waals surface area contributed by atoms with Gasteiger partial charge in [0.05, 0.1) is 17.4 Å². The van der Waals surface area contributed by atoms with Crippen LogP contribution in [0, 0.1) is 17.2 Å². The van der Waals surface area contributed by atoms with Gasteiger partial charge in [0, 0.05) is 16.6 Å². The molecule has 0 amide bonds. The minimum Gasteiger partial charge on any atom is -0.492 e. The van der Waals surface area contributed by atoms with Crippen molar-refractivity contribution in [2.75, 3.05) is 12.4 Å². The molecule has 0 fully saturated rings. The summed E-state index contributed by atoms with van der Waals surface area (Å²) in [6.07, 6.45) is 0. The van der Waals surface area contributed by atoms with Gasteiger partial charge >= 0.3 is 0 Å². The number of rotatable bonds is 5. The zero-order valence-electron chi connectivity index (χ0n) is 11.5. The molecule has 0 aliphatic rings. The van der Waals surface area contributed by atoms with Crippen LogP contribution in [0.2, 0.25) is 5.02 Å². The van der Waals surface area contributed by atoms with Crippen LogP contribution in [0.25, 0.3) is 0 Å². The summed E-state index contributed by atoms with van der Waals surface area (Å²) in [6.45, 7) is 5.82. The van der Waals surface area contributed by atoms with Crippen molar-refractivity contribution in [2.45, 2.75) is 20.8 Å². The summed E-state index contributed by atoms with van der Waals surface area (Å²) in [4.78, 5) is 0. The first kappa shape index (κ1) is 17.5. The van der Waals surface area contributed by atoms with E-state index in [1.165, 1.54) is 12.1 Å². The Labute approximate surface area is 128 Å². The van der Waals surface area contributed by atoms with Crippen molar-refractivity contribution in [3.8, 4) is 5.75 Å². The summed E-state index contributed by atoms with van der Waals surface area (Å²) in [5.74, 6) is -0.657. The van der Waals surface area contributed by atoms with Crippen LogP contribution in [-0.4, -0.2) is 20.8 Å². The normalized spacial score (nSPS) is 14.1. The highest BCUT2D eigenvalue weighted by Crippen LogP contribution is 2.31. The van der Waals surface area contributed by atoms with Crippen molar-refractivity contribution in [3.63, 3.8) is 0 Å². The van der Waals surface area contributed by atoms with E-state index in [4.69, 9.17) is 27.0 Å². The third kappa shape index (κ3) is 5.85. The van der Waals surface area contributed by atoms with Gasteiger partial charge in [-0.2, -0.15) is 0 Å². The van der Waals surface area contributed by atoms with Gasteiger partial charge < -0.3 is 4.74 Å². The van der Waals surface area contributed by atoms with Gasteiger partial charge in [-0.15, -0.1) is 0 Å². The maximum atomic E-state index is 12.9. The van der Waals surface area contributed by atoms with Crippen molar-refractivity contribution in [2.24, 2.45) is 11.3 Å². The number of halogens is 3. The molecule has 0 bridgehead atoms. The Morgan fingerprint density at radius 2 is 1.95 bits per heavy atom. The van der Waals surface area contributed by atoms with Gasteiger partial charge in [-0.1, -0.05) is 32.4 Å². The van der Waals surface area contributed by atoms with Crippen molar-refractivity contribution >= 4 is 31.3 Å². The lowest BCUT2D eigenvalue weighted by atomic mass is 9.82. The Hall–Kier alpha value is -0.520. The van der Waals surface area contributed by atoms with E-state index < -0.39 is 14.9 Å². The maximum absolute atomic E-state index is 12.9. The predicted molar refractivity (Wildman–Crippen MR) is 79.5 cm³/mol. The molecule has 0 heterocycles. The van der Waals surface area contributed by atoms with E-state index in [0.29, 0.717) is 5.75 Å². The standard InChI is InChI=1S/C13H17Cl2FO3S/c1-13(2,3)9(8-20(15,17)18)7-19-12-5-4-10(16)6-11(12)14/h4-6,9H,7-8H2,1-3H3. The summed E-state index contributed by atoms with van der Waals surface area (Å²) >= 11 is 5.85. The van der Waals surface area contributed by atoms with E-state index >= 15 is 0 Å². The summed E-state index contributed by atoms with van der Waals surface area (Å²) in [6, 6.07) is 3.78. The molecule has 1 rings (SSSR count). The Bertz CT molecular complexity index is 567. The monoisotopic (exact) mass is 342 g/mol. The number of benzene rings is 1. The van der Waals surface area contributed by atoms with Crippen LogP contribution in [0.5, 0.6) is 5.75 Å². The summed E-state index contributed by atoms with van der Waals surface area (Å²) < 4.78 is 40.9. The molecule has 0 aromatic heterocycles. The fourth-order valence-electron chi connectivity index (χ4n) is 1.57. The molecule has 0 saturated heterocycles. The average Bonchev–Trinajstić information content (AvgIpc) is 2.23. The lowest BCUT2D eigenvalue weighted by Gasteiger charge is -2.29. The molecule has 0 aliphatic heterocycles. The first-order valence-corrected chi connectivity index (χ1v) is 8.85. The van der Waals surface area contributed by atoms with Crippen molar-refractivity contribution < 1.29 is 17.5 Å². The number of hydrogen-bond donors (Lipinski definition) is 0. The Balaban J connectivity index is 2.81. The average molecular weight is 343 g/mol. The second-order valence-electron chi connectivity index (χ2n) is 5.65. The summed E-state index contributed by atoms with van der Waals surface area (Å²) in [7, 11) is 1.68. The number of hydrogen-bond acceptors (Lipinski definition) is 3. The van der Waals surface area contributed by atoms with E-state index in [2.05, 4.69) is 0 Å². The minimum absolute atomic E-state index is 0.126. The highest BCUT2D eigenvalue weighted by molar-refractivity contribution is 8.13. The molecular formula is C13H17Cl2FO3S. The highest BCUT2D eigenvalue weighted by atomic mass is 35.7. The van der Waals surface area contributed by atoms with Crippen LogP contribution >= 0.6 is 22.3 Å². The van der Waals surface area contributed by atoms with Gasteiger partial charge in [-0.05, 0) is 23.6 Å². The van der Waals surface area contributed by atoms with E-state index in [9.17, 15) is 12.8 Å². The fourth-order valence-corrected chi connectivity index (χ4v) is 3.33. The zero-order chi connectivity index (χ0) is 15.6. The smallest absolute Gasteiger partial charge is 0.233 e. The third-order valence-electron chi connectivity index (χ3n) is 2.96. The van der Waals surface area contributed by atoms with Crippen LogP contribution in [0.4, 0.5) is 4.39 Å². The molecule has 0 spiro atoms. The second-order valence-corrected chi connectivity index (χ2v) is 8.88. The predicted octanol–water partition coefficient (Wildman–Crippen LogP) is 4.09. The minimum atomic E-state index is -3.63. The molecule has 1 atom stereocenters. The molecule has 0 radical (unpaired) electrons. The van der Waals surface area contributed by atoms with Crippen LogP contribution in [0.3, 0.4) is 0 Å². The quantitative estimate of drug-likeness (QED) is 0.757. The van der Waals surface area contributed by atoms with Crippen molar-refractivity contribution in [3.05, 3.63) is 29.0 Å². The molecule has 3 nitrogen and oxygen atoms in total. The van der Waals surface area contributed by atoms with Crippen LogP contribution in [0.1, 0.15) is 20.8 Å². The molecule has 7 heteroatoms. The van der Waals surface area contributed by atoms with Crippen LogP contribution in [0.15, 0.2) is 18.2 Å². The molecular weight excluding hydrogens is 326 g/mol. The Morgan fingerprint density at radius 3 is 2.40 bits per heavy atom. The molecule has 114 valence electrons. The van der Waals surface area contributed by atoms with E-state index in [-0.39, 0.29) is 28.7 Å². The van der Waals surface area contributed by atoms with Crippen molar-refractivity contribution in [1.82, 2.24) is 0 Å². The van der Waals surface area contributed by atoms with E-state index in [1.54, 1.807) is 0 Å². The molecule has 0 N–H and O–H groups in total. The Kier molecular flexibility index (Phi) is 5.70. The lowest BCUT2D eigenvalue weighted by Crippen LogP contribution is -2.31. The summed E-state index contributed by atoms with van der Waals surface area (Å²) in [5.41, 5.74) is -0.311. The molecule has 1 aromatic rings. The molecule has 1 unspecified atom stereocenters. The molecule has 0 saturated carbocycles. The van der Waals surface area contributed by atoms with Crippen molar-refractivity contribution in [1.29, 1.82) is 0 Å². The molecule has 1 aromatic carbocycles. The summed E-state index contributed by atoms with van der Waals surface area (Å²) in [5, 5.41) is 0.145. The van der Waals surface area contributed by atoms with Crippen LogP contribution < -0.4 is 4.74 Å². The number of ether oxygens (including phenoxy) is 1.